The number of carbonyl (C=O) groups is 1. The van der Waals surface area contributed by atoms with Crippen LogP contribution in [0.1, 0.15) is 38.1 Å². The Morgan fingerprint density at radius 2 is 2.20 bits per heavy atom. The molecular formula is C14H21NO2S3. The first-order valence-electron chi connectivity index (χ1n) is 6.27. The number of ketones is 1. The number of thiazole rings is 1. The molecule has 0 atom stereocenters. The first-order valence-corrected chi connectivity index (χ1v) is 7.97. The molecule has 0 bridgehead atoms. The first kappa shape index (κ1) is 21.5. The van der Waals surface area contributed by atoms with Gasteiger partial charge in [-0.15, -0.1) is 11.3 Å². The van der Waals surface area contributed by atoms with Crippen molar-refractivity contribution in [3.05, 3.63) is 28.7 Å². The van der Waals surface area contributed by atoms with Crippen LogP contribution in [0, 0.1) is 0 Å². The molecule has 0 aliphatic rings. The minimum absolute atomic E-state index is 0.145. The lowest BCUT2D eigenvalue weighted by atomic mass is 10.2. The molecule has 112 valence electrons. The molecule has 0 radical (unpaired) electrons. The molecule has 3 nitrogen and oxygen atoms in total. The SMILES string of the molecule is CCCCC=CC(C)=O.OCCc1nccs1.S=C=S. The molecule has 0 unspecified atom stereocenters. The van der Waals surface area contributed by atoms with Crippen molar-refractivity contribution in [3.8, 4) is 0 Å². The Balaban J connectivity index is 0. The van der Waals surface area contributed by atoms with Crippen LogP contribution in [0.4, 0.5) is 0 Å². The third-order valence-corrected chi connectivity index (χ3v) is 2.73. The molecule has 1 aromatic heterocycles. The zero-order chi connectivity index (χ0) is 15.6. The number of allylic oxidation sites excluding steroid dienone is 2. The van der Waals surface area contributed by atoms with Gasteiger partial charge in [-0.05, 0) is 43.9 Å². The van der Waals surface area contributed by atoms with E-state index < -0.39 is 0 Å². The second kappa shape index (κ2) is 18.2. The monoisotopic (exact) mass is 331 g/mol. The number of carbonyl (C=O) groups excluding carboxylic acids is 1. The topological polar surface area (TPSA) is 50.2 Å². The zero-order valence-electron chi connectivity index (χ0n) is 11.9. The quantitative estimate of drug-likeness (QED) is 0.485. The highest BCUT2D eigenvalue weighted by Gasteiger charge is 1.89. The minimum atomic E-state index is 0.145. The van der Waals surface area contributed by atoms with E-state index in [0.717, 1.165) is 11.4 Å². The number of thiocarbonyl (C=S) groups is 2. The Labute approximate surface area is 135 Å². The van der Waals surface area contributed by atoms with E-state index in [1.54, 1.807) is 30.5 Å². The summed E-state index contributed by atoms with van der Waals surface area (Å²) in [4.78, 5) is 14.3. The van der Waals surface area contributed by atoms with Crippen molar-refractivity contribution in [3.63, 3.8) is 0 Å². The first-order chi connectivity index (χ1) is 9.62. The molecule has 0 aromatic carbocycles. The number of aliphatic hydroxyl groups excluding tert-OH is 1. The minimum Gasteiger partial charge on any atom is -0.396 e. The van der Waals surface area contributed by atoms with Crippen molar-refractivity contribution >= 4 is 45.9 Å². The average Bonchev–Trinajstić information content (AvgIpc) is 2.90. The molecule has 1 aromatic rings. The zero-order valence-corrected chi connectivity index (χ0v) is 14.3. The molecule has 6 heteroatoms. The molecule has 0 amide bonds. The molecule has 0 aliphatic carbocycles. The number of rotatable bonds is 6. The normalized spacial score (nSPS) is 8.95. The summed E-state index contributed by atoms with van der Waals surface area (Å²) in [5.74, 6) is 0.145. The largest absolute Gasteiger partial charge is 0.396 e. The lowest BCUT2D eigenvalue weighted by Crippen LogP contribution is -1.87. The number of aromatic nitrogens is 1. The van der Waals surface area contributed by atoms with Gasteiger partial charge in [-0.1, -0.05) is 25.8 Å². The van der Waals surface area contributed by atoms with Gasteiger partial charge in [0.2, 0.25) is 0 Å². The van der Waals surface area contributed by atoms with E-state index >= 15 is 0 Å². The maximum absolute atomic E-state index is 10.3. The molecule has 0 saturated heterocycles. The van der Waals surface area contributed by atoms with Gasteiger partial charge in [0, 0.05) is 28.9 Å². The summed E-state index contributed by atoms with van der Waals surface area (Å²) in [6.45, 7) is 3.91. The smallest absolute Gasteiger partial charge is 0.152 e. The Hall–Kier alpha value is -0.780. The number of hydrogen-bond donors (Lipinski definition) is 1. The molecule has 0 spiro atoms. The van der Waals surface area contributed by atoms with Crippen LogP contribution in [-0.4, -0.2) is 26.8 Å². The lowest BCUT2D eigenvalue weighted by molar-refractivity contribution is -0.112. The molecule has 0 aliphatic heterocycles. The van der Waals surface area contributed by atoms with Gasteiger partial charge >= 0.3 is 0 Å². The van der Waals surface area contributed by atoms with E-state index in [2.05, 4.69) is 36.3 Å². The van der Waals surface area contributed by atoms with Crippen LogP contribution in [0.25, 0.3) is 0 Å². The fraction of sp³-hybridized carbons (Fsp3) is 0.500. The summed E-state index contributed by atoms with van der Waals surface area (Å²) in [5, 5.41) is 11.3. The Kier molecular flexibility index (Phi) is 19.6. The van der Waals surface area contributed by atoms with Gasteiger partial charge in [0.05, 0.1) is 5.01 Å². The third kappa shape index (κ3) is 19.6. The standard InChI is InChI=1S/C8H14O.C5H7NOS.CS2/c1-3-4-5-6-7-8(2)9;7-3-1-5-6-2-4-8-5;2-1-3/h6-7H,3-5H2,1-2H3;2,4,7H,1,3H2;. The van der Waals surface area contributed by atoms with Gasteiger partial charge in [-0.2, -0.15) is 0 Å². The second-order valence-corrected chi connectivity index (χ2v) is 5.28. The Morgan fingerprint density at radius 1 is 1.55 bits per heavy atom. The maximum Gasteiger partial charge on any atom is 0.152 e. The van der Waals surface area contributed by atoms with Gasteiger partial charge in [0.25, 0.3) is 0 Å². The third-order valence-electron chi connectivity index (χ3n) is 1.89. The molecule has 1 rings (SSSR count). The Morgan fingerprint density at radius 3 is 2.60 bits per heavy atom. The average molecular weight is 332 g/mol. The summed E-state index contributed by atoms with van der Waals surface area (Å²) < 4.78 is 1.92. The lowest BCUT2D eigenvalue weighted by Gasteiger charge is -1.85. The van der Waals surface area contributed by atoms with E-state index in [1.807, 2.05) is 15.8 Å². The van der Waals surface area contributed by atoms with Gasteiger partial charge in [-0.3, -0.25) is 4.79 Å². The van der Waals surface area contributed by atoms with Gasteiger partial charge in [0.15, 0.2) is 5.78 Å². The molecule has 0 saturated carbocycles. The highest BCUT2D eigenvalue weighted by Crippen LogP contribution is 2.02. The maximum atomic E-state index is 10.3. The van der Waals surface area contributed by atoms with Crippen molar-refractivity contribution < 1.29 is 9.90 Å². The molecular weight excluding hydrogens is 310 g/mol. The second-order valence-electron chi connectivity index (χ2n) is 3.64. The van der Waals surface area contributed by atoms with E-state index in [9.17, 15) is 4.79 Å². The van der Waals surface area contributed by atoms with Gasteiger partial charge < -0.3 is 5.11 Å². The van der Waals surface area contributed by atoms with Gasteiger partial charge in [0.1, 0.15) is 0 Å². The van der Waals surface area contributed by atoms with Crippen LogP contribution in [0.3, 0.4) is 0 Å². The van der Waals surface area contributed by atoms with Crippen LogP contribution < -0.4 is 0 Å². The summed E-state index contributed by atoms with van der Waals surface area (Å²) >= 11 is 9.49. The van der Waals surface area contributed by atoms with E-state index in [4.69, 9.17) is 5.11 Å². The molecule has 20 heavy (non-hydrogen) atoms. The number of unbranched alkanes of at least 4 members (excludes halogenated alkanes) is 2. The van der Waals surface area contributed by atoms with Crippen LogP contribution >= 0.6 is 35.8 Å². The van der Waals surface area contributed by atoms with Crippen molar-refractivity contribution in [2.45, 2.75) is 39.5 Å². The predicted octanol–water partition coefficient (Wildman–Crippen LogP) is 4.02. The summed E-state index contributed by atoms with van der Waals surface area (Å²) in [7, 11) is 0. The number of aliphatic hydroxyl groups is 1. The summed E-state index contributed by atoms with van der Waals surface area (Å²) in [6.07, 6.45) is 9.43. The van der Waals surface area contributed by atoms with Crippen molar-refractivity contribution in [1.29, 1.82) is 0 Å². The Bertz CT molecular complexity index is 383. The van der Waals surface area contributed by atoms with Crippen molar-refractivity contribution in [1.82, 2.24) is 4.98 Å². The van der Waals surface area contributed by atoms with Crippen LogP contribution in [0.2, 0.25) is 0 Å². The fourth-order valence-corrected chi connectivity index (χ4v) is 1.65. The highest BCUT2D eigenvalue weighted by molar-refractivity contribution is 7.93. The van der Waals surface area contributed by atoms with Gasteiger partial charge in [-0.25, -0.2) is 4.98 Å². The van der Waals surface area contributed by atoms with Crippen molar-refractivity contribution in [2.75, 3.05) is 6.61 Å². The molecule has 1 N–H and O–H groups in total. The fourth-order valence-electron chi connectivity index (χ4n) is 1.04. The molecule has 0 fully saturated rings. The molecule has 1 heterocycles. The summed E-state index contributed by atoms with van der Waals surface area (Å²) in [5.41, 5.74) is 0. The van der Waals surface area contributed by atoms with Crippen molar-refractivity contribution in [2.24, 2.45) is 0 Å². The number of nitrogens with zero attached hydrogens (tertiary/aromatic N) is 1. The summed E-state index contributed by atoms with van der Waals surface area (Å²) in [6, 6.07) is 0. The highest BCUT2D eigenvalue weighted by atomic mass is 32.1. The van der Waals surface area contributed by atoms with E-state index in [0.29, 0.717) is 6.42 Å². The van der Waals surface area contributed by atoms with E-state index in [1.165, 1.54) is 12.8 Å². The predicted molar refractivity (Wildman–Crippen MR) is 92.4 cm³/mol. The van der Waals surface area contributed by atoms with Crippen LogP contribution in [0.5, 0.6) is 0 Å². The number of hydrogen-bond acceptors (Lipinski definition) is 6. The van der Waals surface area contributed by atoms with E-state index in [-0.39, 0.29) is 12.4 Å². The van der Waals surface area contributed by atoms with Crippen LogP contribution in [-0.2, 0) is 11.2 Å². The van der Waals surface area contributed by atoms with Crippen LogP contribution in [0.15, 0.2) is 23.7 Å².